The van der Waals surface area contributed by atoms with Gasteiger partial charge in [-0.25, -0.2) is 0 Å². The van der Waals surface area contributed by atoms with Gasteiger partial charge in [0.25, 0.3) is 0 Å². The molecule has 0 heterocycles. The summed E-state index contributed by atoms with van der Waals surface area (Å²) in [5.74, 6) is 0. The van der Waals surface area contributed by atoms with E-state index in [9.17, 15) is 0 Å². The van der Waals surface area contributed by atoms with Gasteiger partial charge >= 0.3 is 0 Å². The summed E-state index contributed by atoms with van der Waals surface area (Å²) in [6.45, 7) is 24.3. The quantitative estimate of drug-likeness (QED) is 0.354. The molecule has 3 aromatic carbocycles. The summed E-state index contributed by atoms with van der Waals surface area (Å²) in [6.07, 6.45) is 3.83. The third-order valence-electron chi connectivity index (χ3n) is 5.51. The van der Waals surface area contributed by atoms with Crippen LogP contribution in [-0.4, -0.2) is 0 Å². The lowest BCUT2D eigenvalue weighted by Gasteiger charge is -2.18. The van der Waals surface area contributed by atoms with Crippen LogP contribution in [-0.2, 0) is 17.3 Å². The molecular formula is C35H54. The molecular weight excluding hydrogens is 420 g/mol. The second-order valence-electron chi connectivity index (χ2n) is 12.1. The lowest BCUT2D eigenvalue weighted by Crippen LogP contribution is -2.10. The zero-order chi connectivity index (χ0) is 27.0. The molecule has 0 aromatic heterocycles. The van der Waals surface area contributed by atoms with Gasteiger partial charge in [0, 0.05) is 0 Å². The Morgan fingerprint density at radius 2 is 0.771 bits per heavy atom. The average molecular weight is 475 g/mol. The summed E-state index contributed by atoms with van der Waals surface area (Å²) in [5, 5.41) is 0. The molecule has 3 aromatic rings. The molecule has 0 spiro atoms. The largest absolute Gasteiger partial charge is 0.0683 e. The van der Waals surface area contributed by atoms with Crippen molar-refractivity contribution in [3.05, 3.63) is 108 Å². The van der Waals surface area contributed by atoms with Gasteiger partial charge in [-0.2, -0.15) is 0 Å². The standard InChI is InChI=1S/C13H20.2C10H14.C2H6/c1-13(2,3)11-7-10-12-8-5-4-6-9-12;2*1-10(2,3)9-7-5-4-6-8-9;1-2/h4-6,8-9H,7,10-11H2,1-3H3;2*4-8H,1-3H3;1-2H3. The number of rotatable bonds is 3. The van der Waals surface area contributed by atoms with E-state index in [4.69, 9.17) is 0 Å². The highest BCUT2D eigenvalue weighted by Crippen LogP contribution is 2.22. The summed E-state index contributed by atoms with van der Waals surface area (Å²) in [4.78, 5) is 0. The van der Waals surface area contributed by atoms with E-state index in [0.717, 1.165) is 0 Å². The molecule has 0 aliphatic carbocycles. The molecule has 0 saturated carbocycles. The molecule has 0 heteroatoms. The topological polar surface area (TPSA) is 0 Å². The fourth-order valence-electron chi connectivity index (χ4n) is 3.34. The van der Waals surface area contributed by atoms with Crippen LogP contribution < -0.4 is 0 Å². The highest BCUT2D eigenvalue weighted by molar-refractivity contribution is 5.22. The van der Waals surface area contributed by atoms with Gasteiger partial charge < -0.3 is 0 Å². The second kappa shape index (κ2) is 16.4. The predicted octanol–water partition coefficient (Wildman–Crippen LogP) is 11.0. The van der Waals surface area contributed by atoms with Crippen molar-refractivity contribution >= 4 is 0 Å². The van der Waals surface area contributed by atoms with Crippen LogP contribution in [0.4, 0.5) is 0 Å². The van der Waals surface area contributed by atoms with Gasteiger partial charge in [-0.3, -0.25) is 0 Å². The van der Waals surface area contributed by atoms with E-state index in [1.807, 2.05) is 13.8 Å². The maximum atomic E-state index is 2.30. The maximum Gasteiger partial charge on any atom is -0.0132 e. The Labute approximate surface area is 219 Å². The molecule has 0 atom stereocenters. The maximum absolute atomic E-state index is 2.30. The van der Waals surface area contributed by atoms with Crippen molar-refractivity contribution in [3.8, 4) is 0 Å². The van der Waals surface area contributed by atoms with Crippen molar-refractivity contribution in [3.63, 3.8) is 0 Å². The lowest BCUT2D eigenvalue weighted by molar-refractivity contribution is 0.365. The van der Waals surface area contributed by atoms with Gasteiger partial charge in [-0.15, -0.1) is 0 Å². The number of hydrogen-bond donors (Lipinski definition) is 0. The average Bonchev–Trinajstić information content (AvgIpc) is 2.81. The van der Waals surface area contributed by atoms with E-state index < -0.39 is 0 Å². The summed E-state index contributed by atoms with van der Waals surface area (Å²) >= 11 is 0. The van der Waals surface area contributed by atoms with Crippen LogP contribution in [0.3, 0.4) is 0 Å². The second-order valence-corrected chi connectivity index (χ2v) is 12.1. The van der Waals surface area contributed by atoms with Gasteiger partial charge in [0.15, 0.2) is 0 Å². The van der Waals surface area contributed by atoms with Gasteiger partial charge in [-0.05, 0) is 52.2 Å². The van der Waals surface area contributed by atoms with E-state index in [1.54, 1.807) is 0 Å². The van der Waals surface area contributed by atoms with Crippen molar-refractivity contribution in [2.24, 2.45) is 5.41 Å². The van der Waals surface area contributed by atoms with E-state index in [1.165, 1.54) is 36.0 Å². The third kappa shape index (κ3) is 16.8. The molecule has 0 saturated heterocycles. The summed E-state index contributed by atoms with van der Waals surface area (Å²) in [7, 11) is 0. The van der Waals surface area contributed by atoms with Gasteiger partial charge in [0.2, 0.25) is 0 Å². The molecule has 0 nitrogen and oxygen atoms in total. The molecule has 194 valence electrons. The van der Waals surface area contributed by atoms with Crippen molar-refractivity contribution in [2.75, 3.05) is 0 Å². The summed E-state index contributed by atoms with van der Waals surface area (Å²) < 4.78 is 0. The fraction of sp³-hybridized carbons (Fsp3) is 0.486. The molecule has 3 rings (SSSR count). The van der Waals surface area contributed by atoms with E-state index in [0.29, 0.717) is 16.2 Å². The predicted molar refractivity (Wildman–Crippen MR) is 160 cm³/mol. The first kappa shape index (κ1) is 32.7. The Bertz CT molecular complexity index is 805. The van der Waals surface area contributed by atoms with Crippen LogP contribution in [0.5, 0.6) is 0 Å². The summed E-state index contributed by atoms with van der Waals surface area (Å²) in [5.41, 5.74) is 5.33. The molecule has 0 bridgehead atoms. The van der Waals surface area contributed by atoms with E-state index >= 15 is 0 Å². The lowest BCUT2D eigenvalue weighted by atomic mass is 9.87. The number of benzene rings is 3. The highest BCUT2D eigenvalue weighted by atomic mass is 14.2. The zero-order valence-electron chi connectivity index (χ0n) is 24.8. The van der Waals surface area contributed by atoms with Crippen molar-refractivity contribution in [1.29, 1.82) is 0 Å². The minimum Gasteiger partial charge on any atom is -0.0683 e. The minimum atomic E-state index is 0.293. The third-order valence-corrected chi connectivity index (χ3v) is 5.51. The van der Waals surface area contributed by atoms with Crippen LogP contribution in [0.25, 0.3) is 0 Å². The smallest absolute Gasteiger partial charge is 0.0132 e. The molecule has 0 amide bonds. The molecule has 0 N–H and O–H groups in total. The Kier molecular flexibility index (Phi) is 15.3. The number of hydrogen-bond acceptors (Lipinski definition) is 0. The van der Waals surface area contributed by atoms with Crippen LogP contribution in [0, 0.1) is 5.41 Å². The van der Waals surface area contributed by atoms with Crippen LogP contribution in [0.1, 0.15) is 106 Å². The molecule has 0 aliphatic heterocycles. The Morgan fingerprint density at radius 3 is 1.03 bits per heavy atom. The molecule has 0 unspecified atom stereocenters. The minimum absolute atomic E-state index is 0.293. The number of aryl methyl sites for hydroxylation is 1. The van der Waals surface area contributed by atoms with E-state index in [-0.39, 0.29) is 0 Å². The molecule has 0 aliphatic rings. The van der Waals surface area contributed by atoms with Crippen LogP contribution in [0.2, 0.25) is 0 Å². The monoisotopic (exact) mass is 474 g/mol. The fourth-order valence-corrected chi connectivity index (χ4v) is 3.34. The Hall–Kier alpha value is -2.34. The summed E-state index contributed by atoms with van der Waals surface area (Å²) in [6, 6.07) is 31.8. The Balaban J connectivity index is 0.000000483. The van der Waals surface area contributed by atoms with Crippen molar-refractivity contribution in [1.82, 2.24) is 0 Å². The van der Waals surface area contributed by atoms with Gasteiger partial charge in [0.1, 0.15) is 0 Å². The first-order valence-corrected chi connectivity index (χ1v) is 13.4. The SMILES string of the molecule is CC.CC(C)(C)CCCc1ccccc1.CC(C)(C)c1ccccc1.CC(C)(C)c1ccccc1. The van der Waals surface area contributed by atoms with Crippen molar-refractivity contribution in [2.45, 2.75) is 106 Å². The highest BCUT2D eigenvalue weighted by Gasteiger charge is 2.12. The normalized spacial score (nSPS) is 11.1. The van der Waals surface area contributed by atoms with Gasteiger partial charge in [-0.1, -0.05) is 167 Å². The zero-order valence-corrected chi connectivity index (χ0v) is 24.8. The van der Waals surface area contributed by atoms with Crippen LogP contribution in [0.15, 0.2) is 91.0 Å². The van der Waals surface area contributed by atoms with E-state index in [2.05, 4.69) is 153 Å². The molecule has 0 fully saturated rings. The van der Waals surface area contributed by atoms with Crippen molar-refractivity contribution < 1.29 is 0 Å². The Morgan fingerprint density at radius 1 is 0.457 bits per heavy atom. The molecule has 35 heavy (non-hydrogen) atoms. The van der Waals surface area contributed by atoms with Crippen LogP contribution >= 0.6 is 0 Å². The van der Waals surface area contributed by atoms with Gasteiger partial charge in [0.05, 0.1) is 0 Å². The molecule has 0 radical (unpaired) electrons. The first-order valence-electron chi connectivity index (χ1n) is 13.4. The first-order chi connectivity index (χ1) is 16.3.